The minimum Gasteiger partial charge on any atom is -0.454 e. The van der Waals surface area contributed by atoms with Gasteiger partial charge < -0.3 is 4.74 Å². The Morgan fingerprint density at radius 2 is 0.932 bits per heavy atom. The van der Waals surface area contributed by atoms with Crippen LogP contribution in [0.25, 0.3) is 33.6 Å². The van der Waals surface area contributed by atoms with E-state index in [-0.39, 0.29) is 66.6 Å². The summed E-state index contributed by atoms with van der Waals surface area (Å²) in [6.45, 7) is 0. The molecule has 4 aromatic heterocycles. The molecule has 0 atom stereocenters. The molecule has 2 fully saturated rings. The predicted molar refractivity (Wildman–Crippen MR) is 208 cm³/mol. The third kappa shape index (κ3) is 7.89. The summed E-state index contributed by atoms with van der Waals surface area (Å²) in [4.78, 5) is 7.65. The second kappa shape index (κ2) is 15.3. The fraction of sp³-hybridized carbons (Fsp3) is 0.286. The molecule has 0 saturated heterocycles. The number of alkyl halides is 6. The highest BCUT2D eigenvalue weighted by atomic mass is 32.2. The largest absolute Gasteiger partial charge is 0.454 e. The van der Waals surface area contributed by atoms with Crippen molar-refractivity contribution in [3.63, 3.8) is 0 Å². The maximum absolute atomic E-state index is 14.6. The van der Waals surface area contributed by atoms with Crippen molar-refractivity contribution >= 4 is 53.6 Å². The third-order valence-corrected chi connectivity index (χ3v) is 14.1. The van der Waals surface area contributed by atoms with E-state index in [2.05, 4.69) is 9.97 Å². The van der Waals surface area contributed by atoms with Crippen molar-refractivity contribution < 1.29 is 47.9 Å². The Hall–Kier alpha value is -5.42. The van der Waals surface area contributed by atoms with E-state index in [0.29, 0.717) is 38.1 Å². The van der Waals surface area contributed by atoms with Crippen LogP contribution >= 0.6 is 0 Å². The van der Waals surface area contributed by atoms with Crippen LogP contribution in [0.3, 0.4) is 0 Å². The Balaban J connectivity index is 1.40. The lowest BCUT2D eigenvalue weighted by molar-refractivity contribution is -0.138. The molecular weight excluding hydrogens is 819 g/mol. The van der Waals surface area contributed by atoms with Gasteiger partial charge in [-0.15, -0.1) is 0 Å². The van der Waals surface area contributed by atoms with Crippen LogP contribution in [0.15, 0.2) is 119 Å². The number of nitrogens with zero attached hydrogens (tertiary/aromatic N) is 4. The van der Waals surface area contributed by atoms with Gasteiger partial charge >= 0.3 is 12.4 Å². The number of aromatic nitrogens is 4. The Morgan fingerprint density at radius 1 is 0.576 bits per heavy atom. The van der Waals surface area contributed by atoms with Gasteiger partial charge in [-0.1, -0.05) is 62.1 Å². The number of hydrogen-bond acceptors (Lipinski definition) is 7. The first-order valence-corrected chi connectivity index (χ1v) is 21.8. The maximum Gasteiger partial charge on any atom is 0.417 e. The van der Waals surface area contributed by atoms with E-state index >= 15 is 0 Å². The van der Waals surface area contributed by atoms with Crippen LogP contribution < -0.4 is 0 Å². The fourth-order valence-corrected chi connectivity index (χ4v) is 10.8. The Labute approximate surface area is 335 Å². The van der Waals surface area contributed by atoms with E-state index < -0.39 is 43.5 Å². The first-order chi connectivity index (χ1) is 28.0. The quantitative estimate of drug-likeness (QED) is 0.0996. The molecule has 308 valence electrons. The molecule has 9 nitrogen and oxygen atoms in total. The van der Waals surface area contributed by atoms with E-state index in [4.69, 9.17) is 4.74 Å². The fourth-order valence-electron chi connectivity index (χ4n) is 7.81. The van der Waals surface area contributed by atoms with Crippen molar-refractivity contribution in [2.45, 2.75) is 73.5 Å². The van der Waals surface area contributed by atoms with Gasteiger partial charge in [0.25, 0.3) is 20.0 Å². The zero-order chi connectivity index (χ0) is 41.7. The highest BCUT2D eigenvalue weighted by Gasteiger charge is 2.36. The first kappa shape index (κ1) is 40.4. The van der Waals surface area contributed by atoms with Gasteiger partial charge in [-0.25, -0.2) is 34.7 Å². The molecule has 8 rings (SSSR count). The second-order valence-corrected chi connectivity index (χ2v) is 18.3. The molecule has 59 heavy (non-hydrogen) atoms. The van der Waals surface area contributed by atoms with E-state index in [1.165, 1.54) is 60.7 Å². The highest BCUT2D eigenvalue weighted by Crippen LogP contribution is 2.41. The number of halogens is 6. The maximum atomic E-state index is 14.6. The molecule has 2 aromatic carbocycles. The molecule has 0 unspecified atom stereocenters. The molecule has 0 amide bonds. The minimum atomic E-state index is -4.81. The number of ether oxygens (including phenoxy) is 1. The van der Waals surface area contributed by atoms with Gasteiger partial charge in [-0.05, 0) is 98.2 Å². The van der Waals surface area contributed by atoms with Gasteiger partial charge in [0.05, 0.1) is 20.9 Å². The van der Waals surface area contributed by atoms with E-state index in [1.807, 2.05) is 0 Å². The lowest BCUT2D eigenvalue weighted by Crippen LogP contribution is -2.18. The lowest BCUT2D eigenvalue weighted by Gasteiger charge is -2.20. The van der Waals surface area contributed by atoms with Crippen molar-refractivity contribution in [1.29, 1.82) is 0 Å². The van der Waals surface area contributed by atoms with Gasteiger partial charge in [0.2, 0.25) is 0 Å². The molecular formula is C42H36F6N4O5S2. The summed E-state index contributed by atoms with van der Waals surface area (Å²) in [7, 11) is -9.19. The number of hydrogen-bond donors (Lipinski definition) is 0. The second-order valence-electron chi connectivity index (χ2n) is 14.7. The molecule has 2 saturated carbocycles. The lowest BCUT2D eigenvalue weighted by atomic mass is 10.1. The topological polar surface area (TPSA) is 113 Å². The Kier molecular flexibility index (Phi) is 10.5. The van der Waals surface area contributed by atoms with Crippen LogP contribution in [-0.4, -0.2) is 34.7 Å². The summed E-state index contributed by atoms with van der Waals surface area (Å²) in [5.41, 5.74) is -3.24. The zero-order valence-corrected chi connectivity index (χ0v) is 32.8. The average molecular weight is 855 g/mol. The summed E-state index contributed by atoms with van der Waals surface area (Å²) in [5, 5.41) is -0.331. The molecule has 0 bridgehead atoms. The monoisotopic (exact) mass is 854 g/mol. The van der Waals surface area contributed by atoms with Crippen LogP contribution in [-0.2, 0) is 37.1 Å². The van der Waals surface area contributed by atoms with Crippen molar-refractivity contribution in [3.8, 4) is 0 Å². The molecule has 2 aliphatic rings. The number of benzene rings is 2. The van der Waals surface area contributed by atoms with Crippen LogP contribution in [0.4, 0.5) is 26.3 Å². The SMILES string of the molecule is O=S(=O)(c1ccccc1)n1c(C(=CC2CCCC2)OC(=CC2CCCC2)c2cc3cc(C(F)(F)F)cnc3n2S(=O)(=O)c2ccccc2)cc2cc(C(F)(F)F)cnc21. The van der Waals surface area contributed by atoms with Gasteiger partial charge in [-0.2, -0.15) is 26.3 Å². The van der Waals surface area contributed by atoms with E-state index in [9.17, 15) is 43.2 Å². The molecule has 2 aliphatic carbocycles. The van der Waals surface area contributed by atoms with Crippen molar-refractivity contribution in [2.24, 2.45) is 11.8 Å². The average Bonchev–Trinajstić information content (AvgIpc) is 4.03. The van der Waals surface area contributed by atoms with Gasteiger partial charge in [-0.3, -0.25) is 0 Å². The molecule has 4 heterocycles. The van der Waals surface area contributed by atoms with Crippen molar-refractivity contribution in [3.05, 3.63) is 132 Å². The number of allylic oxidation sites excluding steroid dienone is 2. The summed E-state index contributed by atoms with van der Waals surface area (Å²) < 4.78 is 151. The zero-order valence-electron chi connectivity index (χ0n) is 31.1. The van der Waals surface area contributed by atoms with Crippen LogP contribution in [0.2, 0.25) is 0 Å². The number of fused-ring (bicyclic) bond motifs is 2. The molecule has 0 spiro atoms. The smallest absolute Gasteiger partial charge is 0.417 e. The van der Waals surface area contributed by atoms with Crippen LogP contribution in [0.1, 0.15) is 73.9 Å². The van der Waals surface area contributed by atoms with Gasteiger partial charge in [0.15, 0.2) is 11.3 Å². The third-order valence-electron chi connectivity index (χ3n) is 10.7. The van der Waals surface area contributed by atoms with Crippen LogP contribution in [0, 0.1) is 11.8 Å². The molecule has 0 aliphatic heterocycles. The predicted octanol–water partition coefficient (Wildman–Crippen LogP) is 10.7. The molecule has 6 aromatic rings. The van der Waals surface area contributed by atoms with E-state index in [1.54, 1.807) is 24.3 Å². The Bertz CT molecular complexity index is 2630. The van der Waals surface area contributed by atoms with Gasteiger partial charge in [0, 0.05) is 23.2 Å². The van der Waals surface area contributed by atoms with Crippen LogP contribution in [0.5, 0.6) is 0 Å². The Morgan fingerprint density at radius 3 is 1.27 bits per heavy atom. The molecule has 0 N–H and O–H groups in total. The number of rotatable bonds is 10. The molecule has 17 heteroatoms. The molecule has 0 radical (unpaired) electrons. The summed E-state index contributed by atoms with van der Waals surface area (Å²) >= 11 is 0. The number of pyridine rings is 2. The van der Waals surface area contributed by atoms with Gasteiger partial charge in [0.1, 0.15) is 22.9 Å². The first-order valence-electron chi connectivity index (χ1n) is 18.9. The minimum absolute atomic E-state index is 0.120. The van der Waals surface area contributed by atoms with E-state index in [0.717, 1.165) is 45.8 Å². The van der Waals surface area contributed by atoms with Crippen molar-refractivity contribution in [2.75, 3.05) is 0 Å². The van der Waals surface area contributed by atoms with Crippen molar-refractivity contribution in [1.82, 2.24) is 17.9 Å². The summed E-state index contributed by atoms with van der Waals surface area (Å²) in [5.74, 6) is -0.607. The summed E-state index contributed by atoms with van der Waals surface area (Å²) in [6.07, 6.45) is 0.847. The standard InChI is InChI=1S/C42H36F6N4O5S2/c43-41(44,45)31-21-29-23-35(51(39(29)49-25-31)58(53,54)33-15-3-1-4-16-33)37(19-27-11-7-8-12-27)57-38(20-28-13-9-10-14-28)36-24-30-22-32(42(46,47)48)26-50-40(30)52(36)59(55,56)34-17-5-2-6-18-34/h1-6,15-28H,7-14H2. The summed E-state index contributed by atoms with van der Waals surface area (Å²) in [6, 6.07) is 18.5. The normalized spacial score (nSPS) is 16.8. The highest BCUT2D eigenvalue weighted by molar-refractivity contribution is 7.90.